The van der Waals surface area contributed by atoms with Crippen molar-refractivity contribution in [2.75, 3.05) is 31.1 Å². The summed E-state index contributed by atoms with van der Waals surface area (Å²) in [4.78, 5) is 11.6. The predicted molar refractivity (Wildman–Crippen MR) is 79.0 cm³/mol. The zero-order valence-electron chi connectivity index (χ0n) is 11.0. The number of fused-ring (bicyclic) bond motifs is 1. The van der Waals surface area contributed by atoms with E-state index in [2.05, 4.69) is 22.1 Å². The van der Waals surface area contributed by atoms with Crippen LogP contribution < -0.4 is 10.2 Å². The lowest BCUT2D eigenvalue weighted by Gasteiger charge is -2.29. The van der Waals surface area contributed by atoms with E-state index in [9.17, 15) is 0 Å². The summed E-state index contributed by atoms with van der Waals surface area (Å²) in [7, 11) is 0. The minimum absolute atomic E-state index is 0.722. The zero-order chi connectivity index (χ0) is 13.2. The number of halogens is 1. The first-order valence-electron chi connectivity index (χ1n) is 6.70. The highest BCUT2D eigenvalue weighted by molar-refractivity contribution is 6.31. The highest BCUT2D eigenvalue weighted by atomic mass is 35.5. The fraction of sp³-hybridized carbons (Fsp3) is 0.429. The first-order valence-corrected chi connectivity index (χ1v) is 7.07. The van der Waals surface area contributed by atoms with Crippen LogP contribution in [0.3, 0.4) is 0 Å². The number of benzene rings is 1. The van der Waals surface area contributed by atoms with Crippen LogP contribution in [0, 0.1) is 0 Å². The molecule has 1 aromatic heterocycles. The van der Waals surface area contributed by atoms with Crippen LogP contribution in [0.15, 0.2) is 18.2 Å². The van der Waals surface area contributed by atoms with E-state index >= 15 is 0 Å². The Kier molecular flexibility index (Phi) is 3.53. The van der Waals surface area contributed by atoms with E-state index in [1.165, 1.54) is 0 Å². The first-order chi connectivity index (χ1) is 9.28. The Morgan fingerprint density at radius 1 is 1.26 bits per heavy atom. The third-order valence-electron chi connectivity index (χ3n) is 3.42. The molecule has 0 unspecified atom stereocenters. The van der Waals surface area contributed by atoms with Gasteiger partial charge in [0.2, 0.25) is 0 Å². The summed E-state index contributed by atoms with van der Waals surface area (Å²) in [6.45, 7) is 6.05. The van der Waals surface area contributed by atoms with Gasteiger partial charge in [0, 0.05) is 43.0 Å². The summed E-state index contributed by atoms with van der Waals surface area (Å²) in [6.07, 6.45) is 0.835. The molecule has 4 nitrogen and oxygen atoms in total. The Balaban J connectivity index is 2.14. The lowest BCUT2D eigenvalue weighted by molar-refractivity contribution is 0.585. The fourth-order valence-electron chi connectivity index (χ4n) is 2.41. The van der Waals surface area contributed by atoms with Crippen molar-refractivity contribution >= 4 is 28.3 Å². The molecule has 2 heterocycles. The summed E-state index contributed by atoms with van der Waals surface area (Å²) in [5, 5.41) is 5.17. The number of nitrogens with one attached hydrogen (secondary N) is 1. The van der Waals surface area contributed by atoms with Gasteiger partial charge in [-0.15, -0.1) is 0 Å². The molecular weight excluding hydrogens is 260 g/mol. The van der Waals surface area contributed by atoms with E-state index in [1.54, 1.807) is 0 Å². The second-order valence-electron chi connectivity index (χ2n) is 4.72. The van der Waals surface area contributed by atoms with Crippen LogP contribution in [0.1, 0.15) is 12.7 Å². The van der Waals surface area contributed by atoms with Crippen LogP contribution in [0.4, 0.5) is 5.82 Å². The number of anilines is 1. The standard InChI is InChI=1S/C14H17ClN4/c1-2-13-17-12-9-10(15)3-4-11(12)14(18-13)19-7-5-16-6-8-19/h3-4,9,16H,2,5-8H2,1H3. The van der Waals surface area contributed by atoms with Crippen molar-refractivity contribution in [2.24, 2.45) is 0 Å². The number of piperazine rings is 1. The van der Waals surface area contributed by atoms with E-state index in [1.807, 2.05) is 18.2 Å². The molecule has 1 aliphatic heterocycles. The summed E-state index contributed by atoms with van der Waals surface area (Å²) in [5.41, 5.74) is 0.938. The molecule has 0 spiro atoms. The van der Waals surface area contributed by atoms with Crippen molar-refractivity contribution in [2.45, 2.75) is 13.3 Å². The molecule has 0 radical (unpaired) electrons. The van der Waals surface area contributed by atoms with E-state index < -0.39 is 0 Å². The molecule has 0 aliphatic carbocycles. The molecule has 19 heavy (non-hydrogen) atoms. The summed E-state index contributed by atoms with van der Waals surface area (Å²) >= 11 is 6.07. The van der Waals surface area contributed by atoms with Gasteiger partial charge in [0.15, 0.2) is 0 Å². The second kappa shape index (κ2) is 5.31. The van der Waals surface area contributed by atoms with Crippen LogP contribution >= 0.6 is 11.6 Å². The molecule has 1 fully saturated rings. The van der Waals surface area contributed by atoms with Crippen molar-refractivity contribution in [1.82, 2.24) is 15.3 Å². The number of hydrogen-bond donors (Lipinski definition) is 1. The number of nitrogens with zero attached hydrogens (tertiary/aromatic N) is 3. The van der Waals surface area contributed by atoms with Gasteiger partial charge in [-0.3, -0.25) is 0 Å². The minimum Gasteiger partial charge on any atom is -0.353 e. The van der Waals surface area contributed by atoms with Gasteiger partial charge in [-0.05, 0) is 18.2 Å². The second-order valence-corrected chi connectivity index (χ2v) is 5.15. The Morgan fingerprint density at radius 3 is 2.79 bits per heavy atom. The molecule has 0 atom stereocenters. The molecule has 0 amide bonds. The minimum atomic E-state index is 0.722. The zero-order valence-corrected chi connectivity index (χ0v) is 11.7. The van der Waals surface area contributed by atoms with Crippen LogP contribution in [0.25, 0.3) is 10.9 Å². The molecule has 1 aromatic carbocycles. The maximum atomic E-state index is 6.07. The topological polar surface area (TPSA) is 41.1 Å². The van der Waals surface area contributed by atoms with Gasteiger partial charge in [-0.2, -0.15) is 0 Å². The molecule has 5 heteroatoms. The molecule has 3 rings (SSSR count). The van der Waals surface area contributed by atoms with E-state index in [0.29, 0.717) is 0 Å². The number of hydrogen-bond acceptors (Lipinski definition) is 4. The van der Waals surface area contributed by atoms with Gasteiger partial charge < -0.3 is 10.2 Å². The third kappa shape index (κ3) is 2.51. The lowest BCUT2D eigenvalue weighted by Crippen LogP contribution is -2.44. The van der Waals surface area contributed by atoms with Gasteiger partial charge in [-0.1, -0.05) is 18.5 Å². The summed E-state index contributed by atoms with van der Waals surface area (Å²) < 4.78 is 0. The number of aryl methyl sites for hydroxylation is 1. The van der Waals surface area contributed by atoms with Crippen LogP contribution in [0.2, 0.25) is 5.02 Å². The van der Waals surface area contributed by atoms with Crippen molar-refractivity contribution in [3.05, 3.63) is 29.0 Å². The molecule has 1 N–H and O–H groups in total. The average Bonchev–Trinajstić information content (AvgIpc) is 2.46. The smallest absolute Gasteiger partial charge is 0.140 e. The Morgan fingerprint density at radius 2 is 2.05 bits per heavy atom. The van der Waals surface area contributed by atoms with Gasteiger partial charge in [-0.25, -0.2) is 9.97 Å². The molecule has 1 aliphatic rings. The SMILES string of the molecule is CCc1nc(N2CCNCC2)c2ccc(Cl)cc2n1. The van der Waals surface area contributed by atoms with Crippen LogP contribution in [-0.2, 0) is 6.42 Å². The molecule has 100 valence electrons. The van der Waals surface area contributed by atoms with Crippen molar-refractivity contribution in [3.63, 3.8) is 0 Å². The van der Waals surface area contributed by atoms with Gasteiger partial charge in [0.05, 0.1) is 5.52 Å². The highest BCUT2D eigenvalue weighted by Gasteiger charge is 2.16. The number of rotatable bonds is 2. The van der Waals surface area contributed by atoms with Gasteiger partial charge in [0.25, 0.3) is 0 Å². The highest BCUT2D eigenvalue weighted by Crippen LogP contribution is 2.26. The largest absolute Gasteiger partial charge is 0.353 e. The number of aromatic nitrogens is 2. The van der Waals surface area contributed by atoms with E-state index in [-0.39, 0.29) is 0 Å². The van der Waals surface area contributed by atoms with Crippen LogP contribution in [-0.4, -0.2) is 36.1 Å². The maximum Gasteiger partial charge on any atom is 0.140 e. The average molecular weight is 277 g/mol. The summed E-state index contributed by atoms with van der Waals surface area (Å²) in [6, 6.07) is 5.85. The Bertz CT molecular complexity index is 593. The molecule has 1 saturated heterocycles. The molecular formula is C14H17ClN4. The van der Waals surface area contributed by atoms with Gasteiger partial charge >= 0.3 is 0 Å². The first kappa shape index (κ1) is 12.6. The van der Waals surface area contributed by atoms with E-state index in [0.717, 1.165) is 60.2 Å². The van der Waals surface area contributed by atoms with E-state index in [4.69, 9.17) is 16.6 Å². The Hall–Kier alpha value is -1.39. The lowest BCUT2D eigenvalue weighted by atomic mass is 10.2. The quantitative estimate of drug-likeness (QED) is 0.913. The van der Waals surface area contributed by atoms with Crippen molar-refractivity contribution < 1.29 is 0 Å². The normalized spacial score (nSPS) is 16.0. The van der Waals surface area contributed by atoms with Crippen molar-refractivity contribution in [1.29, 1.82) is 0 Å². The predicted octanol–water partition coefficient (Wildman–Crippen LogP) is 2.26. The molecule has 0 bridgehead atoms. The maximum absolute atomic E-state index is 6.07. The third-order valence-corrected chi connectivity index (χ3v) is 3.65. The van der Waals surface area contributed by atoms with Gasteiger partial charge in [0.1, 0.15) is 11.6 Å². The Labute approximate surface area is 117 Å². The monoisotopic (exact) mass is 276 g/mol. The molecule has 0 saturated carbocycles. The van der Waals surface area contributed by atoms with Crippen LogP contribution in [0.5, 0.6) is 0 Å². The molecule has 2 aromatic rings. The van der Waals surface area contributed by atoms with Crippen molar-refractivity contribution in [3.8, 4) is 0 Å². The fourth-order valence-corrected chi connectivity index (χ4v) is 2.58. The summed E-state index contributed by atoms with van der Waals surface area (Å²) in [5.74, 6) is 1.92.